The summed E-state index contributed by atoms with van der Waals surface area (Å²) in [5, 5.41) is 2.05. The van der Waals surface area contributed by atoms with Gasteiger partial charge in [-0.15, -0.1) is 11.3 Å². The van der Waals surface area contributed by atoms with E-state index in [1.165, 1.54) is 18.1 Å². The molecule has 1 atom stereocenters. The summed E-state index contributed by atoms with van der Waals surface area (Å²) in [4.78, 5) is 24.5. The highest BCUT2D eigenvalue weighted by molar-refractivity contribution is 7.09. The summed E-state index contributed by atoms with van der Waals surface area (Å²) >= 11 is 1.72. The summed E-state index contributed by atoms with van der Waals surface area (Å²) in [6.07, 6.45) is 6.86. The first-order valence-electron chi connectivity index (χ1n) is 6.11. The molecule has 0 aromatic carbocycles. The maximum absolute atomic E-state index is 11.7. The molecule has 1 aromatic rings. The number of ether oxygens (including phenoxy) is 1. The molecule has 0 N–H and O–H groups in total. The average molecular weight is 276 g/mol. The summed E-state index contributed by atoms with van der Waals surface area (Å²) in [5.74, 6) is -0.836. The van der Waals surface area contributed by atoms with Gasteiger partial charge < -0.3 is 4.74 Å². The van der Waals surface area contributed by atoms with Crippen LogP contribution >= 0.6 is 11.3 Å². The molecule has 1 aliphatic carbocycles. The van der Waals surface area contributed by atoms with E-state index < -0.39 is 5.97 Å². The van der Waals surface area contributed by atoms with Crippen molar-refractivity contribution < 1.29 is 14.3 Å². The van der Waals surface area contributed by atoms with Gasteiger partial charge in [-0.2, -0.15) is 0 Å². The Morgan fingerprint density at radius 3 is 2.89 bits per heavy atom. The number of allylic oxidation sites excluding steroid dienone is 3. The highest BCUT2D eigenvalue weighted by atomic mass is 32.1. The van der Waals surface area contributed by atoms with Crippen LogP contribution in [0.1, 0.15) is 18.2 Å². The minimum Gasteiger partial charge on any atom is -0.465 e. The maximum atomic E-state index is 11.7. The largest absolute Gasteiger partial charge is 0.465 e. The number of aryl methyl sites for hydroxylation is 1. The van der Waals surface area contributed by atoms with Crippen molar-refractivity contribution in [3.63, 3.8) is 0 Å². The highest BCUT2D eigenvalue weighted by Gasteiger charge is 2.29. The number of hydrogen-bond acceptors (Lipinski definition) is 4. The Morgan fingerprint density at radius 1 is 1.47 bits per heavy atom. The zero-order valence-electron chi connectivity index (χ0n) is 11.0. The second-order valence-corrected chi connectivity index (χ2v) is 5.86. The van der Waals surface area contributed by atoms with E-state index in [2.05, 4.69) is 10.8 Å². The minimum atomic E-state index is -0.559. The predicted octanol–water partition coefficient (Wildman–Crippen LogP) is 2.93. The quantitative estimate of drug-likeness (QED) is 0.627. The molecular formula is C15H16O3S. The molecule has 0 aliphatic heterocycles. The molecule has 1 aliphatic rings. The van der Waals surface area contributed by atoms with Crippen molar-refractivity contribution in [1.29, 1.82) is 0 Å². The number of hydrogen-bond donors (Lipinski definition) is 0. The molecule has 0 saturated carbocycles. The van der Waals surface area contributed by atoms with Crippen LogP contribution in [0, 0.1) is 5.41 Å². The average Bonchev–Trinajstić information content (AvgIpc) is 2.92. The third kappa shape index (κ3) is 3.20. The highest BCUT2D eigenvalue weighted by Crippen LogP contribution is 2.32. The minimum absolute atomic E-state index is 0.138. The summed E-state index contributed by atoms with van der Waals surface area (Å²) in [6, 6.07) is 4.12. The summed E-state index contributed by atoms with van der Waals surface area (Å²) in [6.45, 7) is 2.02. The van der Waals surface area contributed by atoms with Crippen LogP contribution in [0.5, 0.6) is 0 Å². The molecule has 0 fully saturated rings. The molecule has 0 bridgehead atoms. The van der Waals surface area contributed by atoms with E-state index >= 15 is 0 Å². The smallest absolute Gasteiger partial charge is 0.341 e. The first-order chi connectivity index (χ1) is 9.04. The lowest BCUT2D eigenvalue weighted by Gasteiger charge is -2.25. The molecule has 1 aromatic heterocycles. The first kappa shape index (κ1) is 13.7. The number of carbonyl (C=O) groups excluding carboxylic acids is 2. The van der Waals surface area contributed by atoms with Crippen LogP contribution in [0.25, 0.3) is 0 Å². The lowest BCUT2D eigenvalue weighted by molar-refractivity contribution is -0.137. The van der Waals surface area contributed by atoms with Crippen molar-refractivity contribution >= 4 is 23.1 Å². The Hall–Kier alpha value is -1.68. The van der Waals surface area contributed by atoms with Gasteiger partial charge in [0.25, 0.3) is 0 Å². The Kier molecular flexibility index (Phi) is 4.00. The Morgan fingerprint density at radius 2 is 2.26 bits per heavy atom. The van der Waals surface area contributed by atoms with Crippen LogP contribution in [0.4, 0.5) is 0 Å². The molecule has 2 rings (SSSR count). The molecule has 19 heavy (non-hydrogen) atoms. The van der Waals surface area contributed by atoms with Gasteiger partial charge in [0.15, 0.2) is 5.78 Å². The van der Waals surface area contributed by atoms with Crippen molar-refractivity contribution in [3.05, 3.63) is 46.2 Å². The van der Waals surface area contributed by atoms with Gasteiger partial charge in [-0.25, -0.2) is 4.79 Å². The van der Waals surface area contributed by atoms with E-state index in [1.807, 2.05) is 24.4 Å². The summed E-state index contributed by atoms with van der Waals surface area (Å²) in [5.41, 5.74) is -0.139. The van der Waals surface area contributed by atoms with E-state index in [1.54, 1.807) is 17.4 Å². The lowest BCUT2D eigenvalue weighted by Crippen LogP contribution is -2.23. The summed E-state index contributed by atoms with van der Waals surface area (Å²) < 4.78 is 4.64. The van der Waals surface area contributed by atoms with Gasteiger partial charge >= 0.3 is 5.97 Å². The Labute approximate surface area is 116 Å². The molecule has 4 heteroatoms. The van der Waals surface area contributed by atoms with Gasteiger partial charge in [-0.1, -0.05) is 25.1 Å². The van der Waals surface area contributed by atoms with E-state index in [0.717, 1.165) is 12.8 Å². The van der Waals surface area contributed by atoms with E-state index in [-0.39, 0.29) is 16.8 Å². The summed E-state index contributed by atoms with van der Waals surface area (Å²) in [7, 11) is 1.29. The van der Waals surface area contributed by atoms with Gasteiger partial charge in [0, 0.05) is 10.3 Å². The third-order valence-corrected chi connectivity index (χ3v) is 4.19. The van der Waals surface area contributed by atoms with Gasteiger partial charge in [0.05, 0.1) is 7.11 Å². The lowest BCUT2D eigenvalue weighted by atomic mass is 9.79. The van der Waals surface area contributed by atoms with Crippen LogP contribution in [-0.4, -0.2) is 18.9 Å². The maximum Gasteiger partial charge on any atom is 0.341 e. The van der Waals surface area contributed by atoms with Crippen molar-refractivity contribution in [1.82, 2.24) is 0 Å². The number of thiophene rings is 1. The SMILES string of the molecule is COC(=O)C1=CC(C)(CCc2cccs2)C=CC1=O. The fraction of sp³-hybridized carbons (Fsp3) is 0.333. The van der Waals surface area contributed by atoms with E-state index in [9.17, 15) is 9.59 Å². The van der Waals surface area contributed by atoms with Crippen molar-refractivity contribution in [2.24, 2.45) is 5.41 Å². The van der Waals surface area contributed by atoms with Gasteiger partial charge in [0.2, 0.25) is 0 Å². The van der Waals surface area contributed by atoms with Crippen LogP contribution in [0.15, 0.2) is 41.3 Å². The van der Waals surface area contributed by atoms with Gasteiger partial charge in [-0.05, 0) is 30.4 Å². The van der Waals surface area contributed by atoms with E-state index in [4.69, 9.17) is 0 Å². The third-order valence-electron chi connectivity index (χ3n) is 3.25. The number of carbonyl (C=O) groups is 2. The number of methoxy groups -OCH3 is 1. The zero-order valence-corrected chi connectivity index (χ0v) is 11.8. The molecule has 0 spiro atoms. The molecule has 100 valence electrons. The second-order valence-electron chi connectivity index (χ2n) is 4.83. The molecule has 1 heterocycles. The topological polar surface area (TPSA) is 43.4 Å². The van der Waals surface area contributed by atoms with E-state index in [0.29, 0.717) is 0 Å². The molecular weight excluding hydrogens is 260 g/mol. The van der Waals surface area contributed by atoms with Crippen LogP contribution in [-0.2, 0) is 20.7 Å². The van der Waals surface area contributed by atoms with Crippen molar-refractivity contribution in [2.45, 2.75) is 19.8 Å². The van der Waals surface area contributed by atoms with Gasteiger partial charge in [0.1, 0.15) is 5.57 Å². The van der Waals surface area contributed by atoms with Crippen LogP contribution in [0.3, 0.4) is 0 Å². The number of rotatable bonds is 4. The fourth-order valence-electron chi connectivity index (χ4n) is 2.08. The second kappa shape index (κ2) is 5.53. The van der Waals surface area contributed by atoms with Crippen LogP contribution < -0.4 is 0 Å². The molecule has 3 nitrogen and oxygen atoms in total. The van der Waals surface area contributed by atoms with Crippen molar-refractivity contribution in [2.75, 3.05) is 7.11 Å². The fourth-order valence-corrected chi connectivity index (χ4v) is 2.79. The Balaban J connectivity index is 2.13. The monoisotopic (exact) mass is 276 g/mol. The molecule has 0 saturated heterocycles. The first-order valence-corrected chi connectivity index (χ1v) is 6.99. The number of esters is 1. The van der Waals surface area contributed by atoms with Crippen molar-refractivity contribution in [3.8, 4) is 0 Å². The van der Waals surface area contributed by atoms with Gasteiger partial charge in [-0.3, -0.25) is 4.79 Å². The predicted molar refractivity (Wildman–Crippen MR) is 75.0 cm³/mol. The standard InChI is InChI=1S/C15H16O3S/c1-15(7-5-11-4-3-9-19-11)8-6-13(16)12(10-15)14(17)18-2/h3-4,6,8-10H,5,7H2,1-2H3. The molecule has 0 amide bonds. The normalized spacial score (nSPS) is 22.2. The zero-order chi connectivity index (χ0) is 13.9. The van der Waals surface area contributed by atoms with Crippen LogP contribution in [0.2, 0.25) is 0 Å². The number of ketones is 1. The Bertz CT molecular complexity index is 540. The molecule has 1 unspecified atom stereocenters. The molecule has 0 radical (unpaired) electrons.